The molecule has 1 saturated heterocycles. The molecule has 21 heavy (non-hydrogen) atoms. The molecule has 0 bridgehead atoms. The lowest BCUT2D eigenvalue weighted by Crippen LogP contribution is -2.40. The average Bonchev–Trinajstić information content (AvgIpc) is 2.46. The third kappa shape index (κ3) is 4.26. The molecule has 2 rings (SSSR count). The summed E-state index contributed by atoms with van der Waals surface area (Å²) in [7, 11) is -3.50. The summed E-state index contributed by atoms with van der Waals surface area (Å²) in [4.78, 5) is 0.364. The van der Waals surface area contributed by atoms with Gasteiger partial charge in [0.05, 0.1) is 11.5 Å². The van der Waals surface area contributed by atoms with Gasteiger partial charge >= 0.3 is 0 Å². The molecule has 6 heteroatoms. The van der Waals surface area contributed by atoms with Gasteiger partial charge in [0, 0.05) is 19.2 Å². The summed E-state index contributed by atoms with van der Waals surface area (Å²) in [5.41, 5.74) is 1.82. The number of hydrogen-bond donors (Lipinski definition) is 2. The van der Waals surface area contributed by atoms with Crippen molar-refractivity contribution in [2.24, 2.45) is 0 Å². The van der Waals surface area contributed by atoms with Crippen LogP contribution in [0.15, 0.2) is 23.1 Å². The van der Waals surface area contributed by atoms with E-state index in [0.29, 0.717) is 18.0 Å². The zero-order valence-corrected chi connectivity index (χ0v) is 13.5. The van der Waals surface area contributed by atoms with Crippen LogP contribution in [-0.2, 0) is 21.3 Å². The topological polar surface area (TPSA) is 67.4 Å². The van der Waals surface area contributed by atoms with Gasteiger partial charge in [-0.05, 0) is 43.5 Å². The van der Waals surface area contributed by atoms with Crippen molar-refractivity contribution in [3.05, 3.63) is 29.3 Å². The van der Waals surface area contributed by atoms with E-state index in [1.165, 1.54) is 0 Å². The van der Waals surface area contributed by atoms with Crippen molar-refractivity contribution in [1.82, 2.24) is 10.0 Å². The number of rotatable bonds is 6. The Kier molecular flexibility index (Phi) is 5.75. The molecule has 0 amide bonds. The Morgan fingerprint density at radius 3 is 2.86 bits per heavy atom. The zero-order chi connectivity index (χ0) is 15.3. The lowest BCUT2D eigenvalue weighted by atomic mass is 10.1. The molecule has 0 radical (unpaired) electrons. The van der Waals surface area contributed by atoms with E-state index in [9.17, 15) is 8.42 Å². The molecule has 5 nitrogen and oxygen atoms in total. The predicted molar refractivity (Wildman–Crippen MR) is 82.7 cm³/mol. The van der Waals surface area contributed by atoms with Gasteiger partial charge < -0.3 is 10.1 Å². The first-order chi connectivity index (χ1) is 10.0. The molecule has 0 aliphatic carbocycles. The summed E-state index contributed by atoms with van der Waals surface area (Å²) in [6.07, 6.45) is 1.72. The van der Waals surface area contributed by atoms with E-state index < -0.39 is 10.0 Å². The van der Waals surface area contributed by atoms with E-state index in [2.05, 4.69) is 10.0 Å². The second kappa shape index (κ2) is 7.35. The first kappa shape index (κ1) is 16.4. The summed E-state index contributed by atoms with van der Waals surface area (Å²) in [5, 5.41) is 3.23. The van der Waals surface area contributed by atoms with E-state index in [1.807, 2.05) is 19.9 Å². The molecule has 1 aliphatic heterocycles. The second-order valence-corrected chi connectivity index (χ2v) is 7.04. The Morgan fingerprint density at radius 1 is 1.38 bits per heavy atom. The average molecular weight is 312 g/mol. The van der Waals surface area contributed by atoms with E-state index in [0.717, 1.165) is 37.1 Å². The summed E-state index contributed by atoms with van der Waals surface area (Å²) in [5.74, 6) is 0. The van der Waals surface area contributed by atoms with Crippen molar-refractivity contribution < 1.29 is 13.2 Å². The van der Waals surface area contributed by atoms with Gasteiger partial charge in [0.25, 0.3) is 0 Å². The molecular formula is C15H24N2O3S. The van der Waals surface area contributed by atoms with Crippen LogP contribution in [0.3, 0.4) is 0 Å². The van der Waals surface area contributed by atoms with Crippen molar-refractivity contribution in [3.8, 4) is 0 Å². The largest absolute Gasteiger partial charge is 0.380 e. The van der Waals surface area contributed by atoms with Crippen LogP contribution in [0.5, 0.6) is 0 Å². The maximum absolute atomic E-state index is 12.6. The minimum Gasteiger partial charge on any atom is -0.380 e. The van der Waals surface area contributed by atoms with E-state index >= 15 is 0 Å². The van der Waals surface area contributed by atoms with Gasteiger partial charge in [0.15, 0.2) is 0 Å². The van der Waals surface area contributed by atoms with Gasteiger partial charge in [-0.15, -0.1) is 0 Å². The van der Waals surface area contributed by atoms with Gasteiger partial charge in [0.1, 0.15) is 0 Å². The molecule has 1 atom stereocenters. The van der Waals surface area contributed by atoms with Crippen LogP contribution in [0.25, 0.3) is 0 Å². The lowest BCUT2D eigenvalue weighted by Gasteiger charge is -2.23. The number of ether oxygens (including phenoxy) is 1. The standard InChI is InChI=1S/C15H24N2O3S/c1-3-16-10-13-6-4-8-15(12(13)2)21(18,19)17-14-7-5-9-20-11-14/h4,6,8,14,16-17H,3,5,7,9-11H2,1-2H3. The monoisotopic (exact) mass is 312 g/mol. The molecule has 0 spiro atoms. The van der Waals surface area contributed by atoms with Crippen molar-refractivity contribution in [1.29, 1.82) is 0 Å². The molecule has 0 saturated carbocycles. The van der Waals surface area contributed by atoms with Gasteiger partial charge in [-0.25, -0.2) is 13.1 Å². The third-order valence-corrected chi connectivity index (χ3v) is 5.40. The predicted octanol–water partition coefficient (Wildman–Crippen LogP) is 1.56. The summed E-state index contributed by atoms with van der Waals surface area (Å²) < 4.78 is 33.2. The fourth-order valence-corrected chi connectivity index (χ4v) is 4.06. The number of nitrogens with one attached hydrogen (secondary N) is 2. The van der Waals surface area contributed by atoms with Crippen LogP contribution in [-0.4, -0.2) is 34.2 Å². The highest BCUT2D eigenvalue weighted by molar-refractivity contribution is 7.89. The molecular weight excluding hydrogens is 288 g/mol. The highest BCUT2D eigenvalue weighted by atomic mass is 32.2. The smallest absolute Gasteiger partial charge is 0.241 e. The summed E-state index contributed by atoms with van der Waals surface area (Å²) >= 11 is 0. The van der Waals surface area contributed by atoms with E-state index in [1.54, 1.807) is 12.1 Å². The quantitative estimate of drug-likeness (QED) is 0.836. The summed E-state index contributed by atoms with van der Waals surface area (Å²) in [6.45, 7) is 6.59. The van der Waals surface area contributed by atoms with Gasteiger partial charge in [-0.3, -0.25) is 0 Å². The Hall–Kier alpha value is -0.950. The molecule has 1 heterocycles. The van der Waals surface area contributed by atoms with Gasteiger partial charge in [-0.1, -0.05) is 19.1 Å². The van der Waals surface area contributed by atoms with E-state index in [-0.39, 0.29) is 6.04 Å². The zero-order valence-electron chi connectivity index (χ0n) is 12.7. The molecule has 1 aromatic carbocycles. The fraction of sp³-hybridized carbons (Fsp3) is 0.600. The van der Waals surface area contributed by atoms with Crippen LogP contribution < -0.4 is 10.0 Å². The van der Waals surface area contributed by atoms with Gasteiger partial charge in [-0.2, -0.15) is 0 Å². The van der Waals surface area contributed by atoms with Crippen LogP contribution >= 0.6 is 0 Å². The molecule has 1 aliphatic rings. The summed E-state index contributed by atoms with van der Waals surface area (Å²) in [6, 6.07) is 5.30. The van der Waals surface area contributed by atoms with E-state index in [4.69, 9.17) is 4.74 Å². The second-order valence-electron chi connectivity index (χ2n) is 5.36. The normalized spacial score (nSPS) is 19.6. The number of hydrogen-bond acceptors (Lipinski definition) is 4. The third-order valence-electron chi connectivity index (χ3n) is 3.73. The van der Waals surface area contributed by atoms with Crippen LogP contribution in [0, 0.1) is 6.92 Å². The Morgan fingerprint density at radius 2 is 2.19 bits per heavy atom. The highest BCUT2D eigenvalue weighted by Gasteiger charge is 2.24. The van der Waals surface area contributed by atoms with Gasteiger partial charge in [0.2, 0.25) is 10.0 Å². The Bertz CT molecular complexity index is 566. The molecule has 2 N–H and O–H groups in total. The van der Waals surface area contributed by atoms with Crippen molar-refractivity contribution in [2.75, 3.05) is 19.8 Å². The van der Waals surface area contributed by atoms with Crippen molar-refractivity contribution in [2.45, 2.75) is 44.2 Å². The fourth-order valence-electron chi connectivity index (χ4n) is 2.52. The SMILES string of the molecule is CCNCc1cccc(S(=O)(=O)NC2CCCOC2)c1C. The lowest BCUT2D eigenvalue weighted by molar-refractivity contribution is 0.0774. The maximum atomic E-state index is 12.6. The number of sulfonamides is 1. The molecule has 0 aromatic heterocycles. The van der Waals surface area contributed by atoms with Crippen LogP contribution in [0.1, 0.15) is 30.9 Å². The minimum atomic E-state index is -3.50. The highest BCUT2D eigenvalue weighted by Crippen LogP contribution is 2.20. The molecule has 1 aromatic rings. The van der Waals surface area contributed by atoms with Crippen molar-refractivity contribution in [3.63, 3.8) is 0 Å². The Labute approximate surface area is 127 Å². The van der Waals surface area contributed by atoms with Crippen molar-refractivity contribution >= 4 is 10.0 Å². The molecule has 118 valence electrons. The maximum Gasteiger partial charge on any atom is 0.241 e. The molecule has 1 fully saturated rings. The van der Waals surface area contributed by atoms with Crippen LogP contribution in [0.4, 0.5) is 0 Å². The Balaban J connectivity index is 2.18. The first-order valence-electron chi connectivity index (χ1n) is 7.44. The minimum absolute atomic E-state index is 0.124. The first-order valence-corrected chi connectivity index (χ1v) is 8.92. The number of benzene rings is 1. The van der Waals surface area contributed by atoms with Crippen LogP contribution in [0.2, 0.25) is 0 Å². The molecule has 1 unspecified atom stereocenters.